The van der Waals surface area contributed by atoms with Crippen LogP contribution in [0.3, 0.4) is 0 Å². The van der Waals surface area contributed by atoms with E-state index in [9.17, 15) is 9.90 Å². The average Bonchev–Trinajstić information content (AvgIpc) is 3.31. The second-order valence-corrected chi connectivity index (χ2v) is 14.8. The van der Waals surface area contributed by atoms with Gasteiger partial charge in [0.25, 0.3) is 0 Å². The molecule has 0 amide bonds. The van der Waals surface area contributed by atoms with E-state index in [0.29, 0.717) is 29.2 Å². The fourth-order valence-electron chi connectivity index (χ4n) is 9.13. The summed E-state index contributed by atoms with van der Waals surface area (Å²) in [7, 11) is 0. The summed E-state index contributed by atoms with van der Waals surface area (Å²) in [4.78, 5) is 11.1. The number of fused-ring (bicyclic) bond motifs is 4. The number of hydrogen-bond donors (Lipinski definition) is 1. The summed E-state index contributed by atoms with van der Waals surface area (Å²) in [6, 6.07) is 16.3. The van der Waals surface area contributed by atoms with Crippen LogP contribution in [-0.4, -0.2) is 36.5 Å². The Labute approximate surface area is 250 Å². The molecule has 4 aliphatic carbocycles. The maximum absolute atomic E-state index is 11.2. The van der Waals surface area contributed by atoms with E-state index in [1.54, 1.807) is 17.2 Å². The van der Waals surface area contributed by atoms with Gasteiger partial charge in [0, 0.05) is 40.9 Å². The van der Waals surface area contributed by atoms with Crippen molar-refractivity contribution in [2.24, 2.45) is 28.6 Å². The number of aliphatic hydroxyl groups is 1. The van der Waals surface area contributed by atoms with Gasteiger partial charge in [0.1, 0.15) is 6.29 Å². The molecule has 0 bridgehead atoms. The highest BCUT2D eigenvalue weighted by Crippen LogP contribution is 2.65. The molecule has 5 aliphatic rings. The molecule has 0 aromatic heterocycles. The minimum atomic E-state index is -0.412. The summed E-state index contributed by atoms with van der Waals surface area (Å²) in [6.45, 7) is 8.36. The number of hydrogen-bond acceptors (Lipinski definition) is 4. The Bertz CT molecular complexity index is 1450. The van der Waals surface area contributed by atoms with E-state index in [-0.39, 0.29) is 16.9 Å². The van der Waals surface area contributed by atoms with Crippen molar-refractivity contribution in [3.8, 4) is 11.8 Å². The zero-order valence-electron chi connectivity index (χ0n) is 25.3. The zero-order valence-corrected chi connectivity index (χ0v) is 25.3. The first kappa shape index (κ1) is 28.1. The minimum Gasteiger partial charge on any atom is -0.393 e. The van der Waals surface area contributed by atoms with E-state index in [0.717, 1.165) is 69.2 Å². The molecule has 1 spiro atoms. The lowest BCUT2D eigenvalue weighted by molar-refractivity contribution is -0.312. The number of allylic oxidation sites excluding steroid dienone is 2. The summed E-state index contributed by atoms with van der Waals surface area (Å²) in [5, 5.41) is 11.2. The van der Waals surface area contributed by atoms with Gasteiger partial charge in [0.15, 0.2) is 5.79 Å². The van der Waals surface area contributed by atoms with Gasteiger partial charge in [-0.15, -0.1) is 0 Å². The van der Waals surface area contributed by atoms with E-state index in [4.69, 9.17) is 9.47 Å². The van der Waals surface area contributed by atoms with Crippen LogP contribution in [0, 0.1) is 40.4 Å². The highest BCUT2D eigenvalue weighted by molar-refractivity contribution is 5.75. The highest BCUT2D eigenvalue weighted by Gasteiger charge is 2.57. The van der Waals surface area contributed by atoms with Gasteiger partial charge in [-0.2, -0.15) is 0 Å². The van der Waals surface area contributed by atoms with Crippen LogP contribution in [-0.2, 0) is 9.47 Å². The third-order valence-electron chi connectivity index (χ3n) is 11.4. The first-order chi connectivity index (χ1) is 20.2. The molecule has 1 N–H and O–H groups in total. The van der Waals surface area contributed by atoms with Crippen LogP contribution >= 0.6 is 0 Å². The normalized spacial score (nSPS) is 34.5. The maximum atomic E-state index is 11.2. The monoisotopic (exact) mass is 564 g/mol. The second kappa shape index (κ2) is 10.5. The smallest absolute Gasteiger partial charge is 0.169 e. The molecule has 6 unspecified atom stereocenters. The third-order valence-corrected chi connectivity index (χ3v) is 11.4. The van der Waals surface area contributed by atoms with Gasteiger partial charge < -0.3 is 14.6 Å². The quantitative estimate of drug-likeness (QED) is 0.234. The number of carbonyl (C=O) groups is 1. The fourth-order valence-corrected chi connectivity index (χ4v) is 9.13. The molecule has 42 heavy (non-hydrogen) atoms. The van der Waals surface area contributed by atoms with Gasteiger partial charge in [-0.25, -0.2) is 0 Å². The van der Waals surface area contributed by atoms with E-state index in [1.165, 1.54) is 18.4 Å². The van der Waals surface area contributed by atoms with Crippen molar-refractivity contribution in [2.45, 2.75) is 89.9 Å². The van der Waals surface area contributed by atoms with Crippen molar-refractivity contribution in [3.05, 3.63) is 81.9 Å². The van der Waals surface area contributed by atoms with E-state index in [1.807, 2.05) is 18.2 Å². The summed E-state index contributed by atoms with van der Waals surface area (Å²) in [5.74, 6) is 8.07. The van der Waals surface area contributed by atoms with Gasteiger partial charge in [-0.05, 0) is 91.5 Å². The first-order valence-corrected chi connectivity index (χ1v) is 16.0. The molecule has 4 heteroatoms. The molecule has 0 radical (unpaired) electrons. The molecule has 1 saturated heterocycles. The van der Waals surface area contributed by atoms with Crippen LogP contribution in [0.1, 0.15) is 105 Å². The van der Waals surface area contributed by atoms with Gasteiger partial charge in [-0.3, -0.25) is 4.79 Å². The molecule has 4 fully saturated rings. The number of aliphatic hydroxyl groups excluding tert-OH is 1. The number of aldehydes is 1. The molecule has 7 rings (SSSR count). The third kappa shape index (κ3) is 4.88. The van der Waals surface area contributed by atoms with Crippen LogP contribution < -0.4 is 0 Å². The van der Waals surface area contributed by atoms with Crippen LogP contribution in [0.25, 0.3) is 0 Å². The molecule has 1 heterocycles. The molecule has 2 aromatic carbocycles. The van der Waals surface area contributed by atoms with Crippen molar-refractivity contribution >= 4 is 6.29 Å². The molecule has 4 nitrogen and oxygen atoms in total. The predicted molar refractivity (Wildman–Crippen MR) is 164 cm³/mol. The number of ether oxygens (including phenoxy) is 2. The Morgan fingerprint density at radius 1 is 0.905 bits per heavy atom. The number of rotatable bonds is 2. The Morgan fingerprint density at radius 2 is 1.67 bits per heavy atom. The largest absolute Gasteiger partial charge is 0.393 e. The van der Waals surface area contributed by atoms with Crippen molar-refractivity contribution in [3.63, 3.8) is 0 Å². The first-order valence-electron chi connectivity index (χ1n) is 16.0. The summed E-state index contributed by atoms with van der Waals surface area (Å²) < 4.78 is 13.0. The van der Waals surface area contributed by atoms with Crippen molar-refractivity contribution in [1.29, 1.82) is 0 Å². The van der Waals surface area contributed by atoms with Crippen LogP contribution in [0.2, 0.25) is 0 Å². The topological polar surface area (TPSA) is 55.8 Å². The number of carbonyl (C=O) groups excluding carboxylic acids is 1. The number of benzene rings is 2. The minimum absolute atomic E-state index is 0.0363. The summed E-state index contributed by atoms with van der Waals surface area (Å²) >= 11 is 0. The van der Waals surface area contributed by atoms with Gasteiger partial charge in [0.2, 0.25) is 0 Å². The van der Waals surface area contributed by atoms with Crippen LogP contribution in [0.4, 0.5) is 0 Å². The molecule has 2 aromatic rings. The Hall–Kier alpha value is -2.71. The highest BCUT2D eigenvalue weighted by atomic mass is 16.7. The summed E-state index contributed by atoms with van der Waals surface area (Å²) in [6.07, 6.45) is 9.11. The zero-order chi connectivity index (χ0) is 29.1. The van der Waals surface area contributed by atoms with Crippen LogP contribution in [0.15, 0.2) is 59.7 Å². The predicted octanol–water partition coefficient (Wildman–Crippen LogP) is 7.44. The SMILES string of the molecule is CC1(C)COC2(CCC3=C4C(c5ccc(C#Cc6cccc(C=O)c6)cc5)CC5(C)C(O)CCC5C4CCC3C2)OC1. The summed E-state index contributed by atoms with van der Waals surface area (Å²) in [5.41, 5.74) is 7.23. The van der Waals surface area contributed by atoms with Crippen molar-refractivity contribution < 1.29 is 19.4 Å². The van der Waals surface area contributed by atoms with Gasteiger partial charge in [0.05, 0.1) is 19.3 Å². The second-order valence-electron chi connectivity index (χ2n) is 14.8. The Morgan fingerprint density at radius 3 is 2.43 bits per heavy atom. The van der Waals surface area contributed by atoms with Gasteiger partial charge in [-0.1, -0.05) is 68.0 Å². The molecule has 3 saturated carbocycles. The maximum Gasteiger partial charge on any atom is 0.169 e. The lowest BCUT2D eigenvalue weighted by Gasteiger charge is -2.55. The molecule has 220 valence electrons. The fraction of sp³-hybridized carbons (Fsp3) is 0.553. The van der Waals surface area contributed by atoms with Crippen LogP contribution in [0.5, 0.6) is 0 Å². The molecule has 1 aliphatic heterocycles. The lowest BCUT2D eigenvalue weighted by Crippen LogP contribution is -2.52. The van der Waals surface area contributed by atoms with Crippen molar-refractivity contribution in [2.75, 3.05) is 13.2 Å². The molecular weight excluding hydrogens is 520 g/mol. The van der Waals surface area contributed by atoms with E-state index >= 15 is 0 Å². The Balaban J connectivity index is 1.20. The van der Waals surface area contributed by atoms with E-state index < -0.39 is 5.79 Å². The van der Waals surface area contributed by atoms with Gasteiger partial charge >= 0.3 is 0 Å². The molecule has 6 atom stereocenters. The molecular formula is C38H44O4. The Kier molecular flexibility index (Phi) is 7.01. The lowest BCUT2D eigenvalue weighted by atomic mass is 9.52. The standard InChI is InChI=1S/C38H44O4/c1-36(2)23-41-38(42-24-36)18-17-30-29(20-38)13-14-31-33-15-16-34(40)37(33,3)21-32(35(30)31)28-11-9-25(10-12-28)7-8-26-5-4-6-27(19-26)22-39/h4-6,9-12,19,22,29,31-34,40H,13-18,20-21,23-24H2,1-3H3. The van der Waals surface area contributed by atoms with E-state index in [2.05, 4.69) is 56.9 Å². The van der Waals surface area contributed by atoms with Crippen molar-refractivity contribution in [1.82, 2.24) is 0 Å². The average molecular weight is 565 g/mol.